The fraction of sp³-hybridized carbons (Fsp3) is 0.154. The molecule has 0 saturated heterocycles. The van der Waals surface area contributed by atoms with E-state index in [0.29, 0.717) is 21.7 Å². The molecule has 0 saturated carbocycles. The minimum absolute atomic E-state index is 0.283. The van der Waals surface area contributed by atoms with Gasteiger partial charge in [0, 0.05) is 12.7 Å². The molecule has 0 radical (unpaired) electrons. The highest BCUT2D eigenvalue weighted by atomic mass is 35.5. The third-order valence-corrected chi connectivity index (χ3v) is 3.18. The smallest absolute Gasteiger partial charge is 0.151 e. The SMILES string of the molecule is CNc1nc(Nc2ccc(F)cc2C)c(Cl)cc1Cl. The molecule has 100 valence electrons. The van der Waals surface area contributed by atoms with Crippen molar-refractivity contribution in [3.05, 3.63) is 45.7 Å². The first-order chi connectivity index (χ1) is 9.01. The topological polar surface area (TPSA) is 37.0 Å². The molecule has 1 aromatic carbocycles. The Hall–Kier alpha value is -1.52. The van der Waals surface area contributed by atoms with Gasteiger partial charge < -0.3 is 10.6 Å². The molecule has 0 amide bonds. The highest BCUT2D eigenvalue weighted by molar-refractivity contribution is 6.37. The van der Waals surface area contributed by atoms with Crippen molar-refractivity contribution >= 4 is 40.5 Å². The molecule has 2 rings (SSSR count). The van der Waals surface area contributed by atoms with Gasteiger partial charge in [0.15, 0.2) is 5.82 Å². The van der Waals surface area contributed by atoms with Crippen molar-refractivity contribution in [1.29, 1.82) is 0 Å². The van der Waals surface area contributed by atoms with Gasteiger partial charge >= 0.3 is 0 Å². The van der Waals surface area contributed by atoms with Crippen molar-refractivity contribution in [2.24, 2.45) is 0 Å². The van der Waals surface area contributed by atoms with E-state index in [-0.39, 0.29) is 5.82 Å². The van der Waals surface area contributed by atoms with Crippen LogP contribution < -0.4 is 10.6 Å². The molecule has 3 nitrogen and oxygen atoms in total. The minimum Gasteiger partial charge on any atom is -0.372 e. The first-order valence-electron chi connectivity index (χ1n) is 5.58. The fourth-order valence-corrected chi connectivity index (χ4v) is 2.12. The summed E-state index contributed by atoms with van der Waals surface area (Å²) < 4.78 is 13.0. The number of benzene rings is 1. The molecule has 1 heterocycles. The van der Waals surface area contributed by atoms with Gasteiger partial charge in [0.2, 0.25) is 0 Å². The molecule has 0 unspecified atom stereocenters. The van der Waals surface area contributed by atoms with Crippen LogP contribution in [-0.4, -0.2) is 12.0 Å². The van der Waals surface area contributed by atoms with E-state index in [1.165, 1.54) is 12.1 Å². The Bertz CT molecular complexity index is 617. The highest BCUT2D eigenvalue weighted by Crippen LogP contribution is 2.31. The van der Waals surface area contributed by atoms with Crippen molar-refractivity contribution in [2.45, 2.75) is 6.92 Å². The molecule has 0 atom stereocenters. The van der Waals surface area contributed by atoms with Crippen LogP contribution in [0.3, 0.4) is 0 Å². The van der Waals surface area contributed by atoms with E-state index in [9.17, 15) is 4.39 Å². The summed E-state index contributed by atoms with van der Waals surface area (Å²) in [6.07, 6.45) is 0. The predicted octanol–water partition coefficient (Wildman–Crippen LogP) is 4.62. The average Bonchev–Trinajstić information content (AvgIpc) is 2.35. The molecule has 0 spiro atoms. The van der Waals surface area contributed by atoms with Gasteiger partial charge in [0.25, 0.3) is 0 Å². The Balaban J connectivity index is 2.37. The largest absolute Gasteiger partial charge is 0.372 e. The molecule has 6 heteroatoms. The number of anilines is 3. The summed E-state index contributed by atoms with van der Waals surface area (Å²) in [6.45, 7) is 1.80. The standard InChI is InChI=1S/C13H12Cl2FN3/c1-7-5-8(16)3-4-11(7)18-13-10(15)6-9(14)12(17-2)19-13/h3-6H,1-2H3,(H2,17,18,19). The molecule has 19 heavy (non-hydrogen) atoms. The molecule has 0 bridgehead atoms. The first kappa shape index (κ1) is 13.9. The third-order valence-electron chi connectivity index (χ3n) is 2.61. The molecular formula is C13H12Cl2FN3. The van der Waals surface area contributed by atoms with Crippen LogP contribution in [0.1, 0.15) is 5.56 Å². The van der Waals surface area contributed by atoms with Gasteiger partial charge in [0.1, 0.15) is 11.6 Å². The van der Waals surface area contributed by atoms with Crippen LogP contribution in [0.25, 0.3) is 0 Å². The predicted molar refractivity (Wildman–Crippen MR) is 78.2 cm³/mol. The van der Waals surface area contributed by atoms with Gasteiger partial charge in [-0.25, -0.2) is 9.37 Å². The summed E-state index contributed by atoms with van der Waals surface area (Å²) in [4.78, 5) is 4.27. The normalized spacial score (nSPS) is 10.4. The summed E-state index contributed by atoms with van der Waals surface area (Å²) in [5.74, 6) is 0.701. The van der Waals surface area contributed by atoms with Crippen LogP contribution in [0.4, 0.5) is 21.7 Å². The molecular weight excluding hydrogens is 288 g/mol. The number of nitrogens with one attached hydrogen (secondary N) is 2. The molecule has 1 aromatic heterocycles. The Morgan fingerprint density at radius 1 is 1.11 bits per heavy atom. The lowest BCUT2D eigenvalue weighted by Crippen LogP contribution is -2.01. The second-order valence-corrected chi connectivity index (χ2v) is 4.80. The maximum Gasteiger partial charge on any atom is 0.151 e. The summed E-state index contributed by atoms with van der Waals surface area (Å²) in [5.41, 5.74) is 1.50. The number of hydrogen-bond acceptors (Lipinski definition) is 3. The Kier molecular flexibility index (Phi) is 4.12. The number of halogens is 3. The quantitative estimate of drug-likeness (QED) is 0.868. The Labute approximate surface area is 120 Å². The summed E-state index contributed by atoms with van der Waals surface area (Å²) >= 11 is 12.1. The molecule has 2 N–H and O–H groups in total. The zero-order valence-corrected chi connectivity index (χ0v) is 11.9. The average molecular weight is 300 g/mol. The van der Waals surface area contributed by atoms with Gasteiger partial charge in [-0.1, -0.05) is 23.2 Å². The van der Waals surface area contributed by atoms with E-state index in [2.05, 4.69) is 15.6 Å². The van der Waals surface area contributed by atoms with Crippen molar-refractivity contribution < 1.29 is 4.39 Å². The number of hydrogen-bond donors (Lipinski definition) is 2. The molecule has 2 aromatic rings. The summed E-state index contributed by atoms with van der Waals surface area (Å²) in [5, 5.41) is 6.77. The van der Waals surface area contributed by atoms with Crippen molar-refractivity contribution in [1.82, 2.24) is 4.98 Å². The van der Waals surface area contributed by atoms with E-state index in [1.54, 1.807) is 26.1 Å². The first-order valence-corrected chi connectivity index (χ1v) is 6.34. The van der Waals surface area contributed by atoms with Crippen LogP contribution >= 0.6 is 23.2 Å². The molecule has 0 aliphatic heterocycles. The summed E-state index contributed by atoms with van der Waals surface area (Å²) in [7, 11) is 1.72. The third kappa shape index (κ3) is 3.08. The lowest BCUT2D eigenvalue weighted by Gasteiger charge is -2.12. The number of rotatable bonds is 3. The zero-order valence-electron chi connectivity index (χ0n) is 10.4. The number of aromatic nitrogens is 1. The maximum atomic E-state index is 13.0. The number of nitrogens with zero attached hydrogens (tertiary/aromatic N) is 1. The fourth-order valence-electron chi connectivity index (χ4n) is 1.62. The van der Waals surface area contributed by atoms with E-state index in [0.717, 1.165) is 11.3 Å². The van der Waals surface area contributed by atoms with Crippen LogP contribution in [-0.2, 0) is 0 Å². The zero-order chi connectivity index (χ0) is 14.0. The maximum absolute atomic E-state index is 13.0. The van der Waals surface area contributed by atoms with Crippen molar-refractivity contribution in [3.63, 3.8) is 0 Å². The van der Waals surface area contributed by atoms with Gasteiger partial charge in [-0.3, -0.25) is 0 Å². The van der Waals surface area contributed by atoms with E-state index >= 15 is 0 Å². The van der Waals surface area contributed by atoms with Crippen LogP contribution in [0.15, 0.2) is 24.3 Å². The monoisotopic (exact) mass is 299 g/mol. The van der Waals surface area contributed by atoms with Gasteiger partial charge in [0.05, 0.1) is 10.0 Å². The van der Waals surface area contributed by atoms with Crippen molar-refractivity contribution in [3.8, 4) is 0 Å². The summed E-state index contributed by atoms with van der Waals surface area (Å²) in [6, 6.07) is 6.04. The second kappa shape index (κ2) is 5.63. The van der Waals surface area contributed by atoms with Crippen LogP contribution in [0, 0.1) is 12.7 Å². The Morgan fingerprint density at radius 2 is 1.79 bits per heavy atom. The van der Waals surface area contributed by atoms with Crippen LogP contribution in [0.2, 0.25) is 10.0 Å². The number of pyridine rings is 1. The van der Waals surface area contributed by atoms with E-state index in [1.807, 2.05) is 0 Å². The highest BCUT2D eigenvalue weighted by Gasteiger charge is 2.09. The lowest BCUT2D eigenvalue weighted by atomic mass is 10.2. The lowest BCUT2D eigenvalue weighted by molar-refractivity contribution is 0.627. The van der Waals surface area contributed by atoms with Crippen molar-refractivity contribution in [2.75, 3.05) is 17.7 Å². The number of aryl methyl sites for hydroxylation is 1. The van der Waals surface area contributed by atoms with E-state index < -0.39 is 0 Å². The van der Waals surface area contributed by atoms with Gasteiger partial charge in [-0.2, -0.15) is 0 Å². The molecule has 0 aliphatic carbocycles. The minimum atomic E-state index is -0.283. The molecule has 0 aliphatic rings. The van der Waals surface area contributed by atoms with Gasteiger partial charge in [-0.05, 0) is 36.8 Å². The van der Waals surface area contributed by atoms with Crippen LogP contribution in [0.5, 0.6) is 0 Å². The van der Waals surface area contributed by atoms with E-state index in [4.69, 9.17) is 23.2 Å². The molecule has 0 fully saturated rings. The van der Waals surface area contributed by atoms with Gasteiger partial charge in [-0.15, -0.1) is 0 Å². The second-order valence-electron chi connectivity index (χ2n) is 3.98. The Morgan fingerprint density at radius 3 is 2.42 bits per heavy atom.